The molecule has 0 aliphatic rings. The normalized spacial score (nSPS) is 12.1. The molecular weight excluding hydrogens is 278 g/mol. The van der Waals surface area contributed by atoms with Gasteiger partial charge in [0.2, 0.25) is 0 Å². The topological polar surface area (TPSA) is 21.3 Å². The fraction of sp³-hybridized carbons (Fsp3) is 0.333. The van der Waals surface area contributed by atoms with E-state index in [2.05, 4.69) is 43.6 Å². The maximum atomic E-state index is 5.99. The van der Waals surface area contributed by atoms with Gasteiger partial charge < -0.3 is 10.1 Å². The Labute approximate surface area is 131 Å². The van der Waals surface area contributed by atoms with Crippen LogP contribution in [0.4, 0.5) is 0 Å². The fourth-order valence-electron chi connectivity index (χ4n) is 2.34. The molecule has 0 aliphatic carbocycles. The average Bonchev–Trinajstić information content (AvgIpc) is 2.54. The molecule has 2 nitrogen and oxygen atoms in total. The van der Waals surface area contributed by atoms with Crippen molar-refractivity contribution in [2.75, 3.05) is 12.8 Å². The molecule has 0 aliphatic heterocycles. The van der Waals surface area contributed by atoms with Gasteiger partial charge in [0.05, 0.1) is 0 Å². The first-order valence-electron chi connectivity index (χ1n) is 7.42. The van der Waals surface area contributed by atoms with E-state index >= 15 is 0 Å². The molecule has 1 unspecified atom stereocenters. The predicted octanol–water partition coefficient (Wildman–Crippen LogP) is 5.26. The first kappa shape index (κ1) is 15.9. The molecule has 2 aromatic carbocycles. The van der Waals surface area contributed by atoms with Crippen molar-refractivity contribution in [1.82, 2.24) is 5.32 Å². The molecule has 2 rings (SSSR count). The molecule has 0 saturated heterocycles. The van der Waals surface area contributed by atoms with Crippen molar-refractivity contribution in [3.63, 3.8) is 0 Å². The molecule has 0 saturated carbocycles. The third-order valence-corrected chi connectivity index (χ3v) is 4.22. The zero-order valence-electron chi connectivity index (χ0n) is 12.9. The third kappa shape index (κ3) is 4.26. The molecule has 0 fully saturated rings. The first-order valence-corrected chi connectivity index (χ1v) is 8.65. The molecule has 0 bridgehead atoms. The van der Waals surface area contributed by atoms with Crippen molar-refractivity contribution < 1.29 is 4.74 Å². The van der Waals surface area contributed by atoms with E-state index in [0.29, 0.717) is 6.04 Å². The van der Waals surface area contributed by atoms with Crippen molar-refractivity contribution in [1.29, 1.82) is 0 Å². The lowest BCUT2D eigenvalue weighted by molar-refractivity contribution is 0.470. The Balaban J connectivity index is 2.12. The highest BCUT2D eigenvalue weighted by Gasteiger charge is 2.08. The minimum Gasteiger partial charge on any atom is -0.456 e. The smallest absolute Gasteiger partial charge is 0.140 e. The van der Waals surface area contributed by atoms with Crippen LogP contribution in [0.3, 0.4) is 0 Å². The van der Waals surface area contributed by atoms with Crippen LogP contribution in [0.25, 0.3) is 0 Å². The molecule has 0 aromatic heterocycles. The van der Waals surface area contributed by atoms with Crippen LogP contribution in [0.5, 0.6) is 11.5 Å². The Morgan fingerprint density at radius 3 is 2.38 bits per heavy atom. The van der Waals surface area contributed by atoms with Crippen LogP contribution in [0, 0.1) is 0 Å². The van der Waals surface area contributed by atoms with Crippen LogP contribution in [0.1, 0.15) is 31.9 Å². The van der Waals surface area contributed by atoms with E-state index in [1.807, 2.05) is 30.3 Å². The Kier molecular flexibility index (Phi) is 6.15. The van der Waals surface area contributed by atoms with Crippen molar-refractivity contribution in [3.05, 3.63) is 54.1 Å². The summed E-state index contributed by atoms with van der Waals surface area (Å²) in [6.45, 7) is 5.32. The highest BCUT2D eigenvalue weighted by atomic mass is 32.2. The molecule has 0 radical (unpaired) electrons. The monoisotopic (exact) mass is 301 g/mol. The van der Waals surface area contributed by atoms with Gasteiger partial charge in [0.25, 0.3) is 0 Å². The second-order valence-corrected chi connectivity index (χ2v) is 5.69. The zero-order chi connectivity index (χ0) is 15.1. The van der Waals surface area contributed by atoms with Crippen molar-refractivity contribution >= 4 is 11.8 Å². The predicted molar refractivity (Wildman–Crippen MR) is 91.4 cm³/mol. The molecule has 112 valence electrons. The van der Waals surface area contributed by atoms with E-state index in [0.717, 1.165) is 29.4 Å². The summed E-state index contributed by atoms with van der Waals surface area (Å²) in [6, 6.07) is 16.9. The number of thioether (sulfide) groups is 1. The number of benzene rings is 2. The van der Waals surface area contributed by atoms with Gasteiger partial charge in [0.15, 0.2) is 0 Å². The standard InChI is InChI=1S/C18H23NOS/c1-4-16(19-5-2)14-10-12-15(13-11-14)20-17-8-6-7-9-18(17)21-3/h6-13,16,19H,4-5H2,1-3H3. The van der Waals surface area contributed by atoms with Crippen LogP contribution in [-0.2, 0) is 0 Å². The lowest BCUT2D eigenvalue weighted by atomic mass is 10.0. The quantitative estimate of drug-likeness (QED) is 0.705. The number of para-hydroxylation sites is 1. The van der Waals surface area contributed by atoms with Gasteiger partial charge in [-0.25, -0.2) is 0 Å². The summed E-state index contributed by atoms with van der Waals surface area (Å²) in [5.74, 6) is 1.79. The van der Waals surface area contributed by atoms with Gasteiger partial charge in [-0.15, -0.1) is 11.8 Å². The SMILES string of the molecule is CCNC(CC)c1ccc(Oc2ccccc2SC)cc1. The molecule has 21 heavy (non-hydrogen) atoms. The molecule has 1 atom stereocenters. The van der Waals surface area contributed by atoms with Gasteiger partial charge in [0.1, 0.15) is 11.5 Å². The van der Waals surface area contributed by atoms with E-state index in [4.69, 9.17) is 4.74 Å². The summed E-state index contributed by atoms with van der Waals surface area (Å²) in [7, 11) is 0. The average molecular weight is 301 g/mol. The van der Waals surface area contributed by atoms with Gasteiger partial charge in [-0.1, -0.05) is 38.1 Å². The molecule has 0 amide bonds. The summed E-state index contributed by atoms with van der Waals surface area (Å²) in [5.41, 5.74) is 1.31. The van der Waals surface area contributed by atoms with E-state index in [1.165, 1.54) is 5.56 Å². The van der Waals surface area contributed by atoms with Crippen LogP contribution in [0.15, 0.2) is 53.4 Å². The molecule has 2 aromatic rings. The summed E-state index contributed by atoms with van der Waals surface area (Å²) in [6.07, 6.45) is 3.15. The number of hydrogen-bond acceptors (Lipinski definition) is 3. The maximum Gasteiger partial charge on any atom is 0.140 e. The molecule has 3 heteroatoms. The Morgan fingerprint density at radius 2 is 1.76 bits per heavy atom. The zero-order valence-corrected chi connectivity index (χ0v) is 13.7. The Bertz CT molecular complexity index is 553. The molecule has 1 N–H and O–H groups in total. The van der Waals surface area contributed by atoms with E-state index in [1.54, 1.807) is 11.8 Å². The largest absolute Gasteiger partial charge is 0.456 e. The number of nitrogens with one attached hydrogen (secondary N) is 1. The van der Waals surface area contributed by atoms with Crippen LogP contribution < -0.4 is 10.1 Å². The molecule has 0 heterocycles. The van der Waals surface area contributed by atoms with Gasteiger partial charge in [-0.05, 0) is 49.1 Å². The number of hydrogen-bond donors (Lipinski definition) is 1. The summed E-state index contributed by atoms with van der Waals surface area (Å²) >= 11 is 1.70. The fourth-order valence-corrected chi connectivity index (χ4v) is 2.87. The lowest BCUT2D eigenvalue weighted by Crippen LogP contribution is -2.19. The van der Waals surface area contributed by atoms with Gasteiger partial charge in [0, 0.05) is 10.9 Å². The van der Waals surface area contributed by atoms with Crippen molar-refractivity contribution in [3.8, 4) is 11.5 Å². The first-order chi connectivity index (χ1) is 10.3. The van der Waals surface area contributed by atoms with E-state index in [-0.39, 0.29) is 0 Å². The van der Waals surface area contributed by atoms with Gasteiger partial charge in [-0.3, -0.25) is 0 Å². The van der Waals surface area contributed by atoms with Crippen molar-refractivity contribution in [2.24, 2.45) is 0 Å². The van der Waals surface area contributed by atoms with Crippen LogP contribution in [0.2, 0.25) is 0 Å². The van der Waals surface area contributed by atoms with Crippen LogP contribution >= 0.6 is 11.8 Å². The number of rotatable bonds is 7. The maximum absolute atomic E-state index is 5.99. The Hall–Kier alpha value is -1.45. The molecular formula is C18H23NOS. The Morgan fingerprint density at radius 1 is 1.05 bits per heavy atom. The number of ether oxygens (including phenoxy) is 1. The summed E-state index contributed by atoms with van der Waals surface area (Å²) < 4.78 is 5.99. The van der Waals surface area contributed by atoms with Crippen LogP contribution in [-0.4, -0.2) is 12.8 Å². The lowest BCUT2D eigenvalue weighted by Gasteiger charge is -2.17. The second-order valence-electron chi connectivity index (χ2n) is 4.84. The minimum absolute atomic E-state index is 0.419. The third-order valence-electron chi connectivity index (χ3n) is 3.44. The van der Waals surface area contributed by atoms with Crippen molar-refractivity contribution in [2.45, 2.75) is 31.2 Å². The minimum atomic E-state index is 0.419. The van der Waals surface area contributed by atoms with Gasteiger partial charge in [-0.2, -0.15) is 0 Å². The summed E-state index contributed by atoms with van der Waals surface area (Å²) in [5, 5.41) is 3.49. The highest BCUT2D eigenvalue weighted by molar-refractivity contribution is 7.98. The second kappa shape index (κ2) is 8.11. The van der Waals surface area contributed by atoms with E-state index in [9.17, 15) is 0 Å². The molecule has 0 spiro atoms. The summed E-state index contributed by atoms with van der Waals surface area (Å²) in [4.78, 5) is 1.15. The highest BCUT2D eigenvalue weighted by Crippen LogP contribution is 2.31. The van der Waals surface area contributed by atoms with Gasteiger partial charge >= 0.3 is 0 Å². The van der Waals surface area contributed by atoms with E-state index < -0.39 is 0 Å².